The number of ether oxygens (including phenoxy) is 1. The minimum Gasteiger partial charge on any atom is -0.484 e. The first kappa shape index (κ1) is 19.8. The molecule has 0 saturated heterocycles. The Kier molecular flexibility index (Phi) is 7.53. The molecule has 1 heterocycles. The van der Waals surface area contributed by atoms with Gasteiger partial charge in [0, 0.05) is 5.02 Å². The Morgan fingerprint density at radius 2 is 1.92 bits per heavy atom. The zero-order valence-electron chi connectivity index (χ0n) is 14.8. The van der Waals surface area contributed by atoms with Crippen molar-refractivity contribution in [1.29, 1.82) is 0 Å². The fraction of sp³-hybridized carbons (Fsp3) is 0.368. The van der Waals surface area contributed by atoms with Gasteiger partial charge in [-0.15, -0.1) is 0 Å². The van der Waals surface area contributed by atoms with Gasteiger partial charge in [-0.2, -0.15) is 0 Å². The zero-order chi connectivity index (χ0) is 18.9. The predicted molar refractivity (Wildman–Crippen MR) is 98.9 cm³/mol. The minimum absolute atomic E-state index is 0.179. The summed E-state index contributed by atoms with van der Waals surface area (Å²) in [5.74, 6) is 0.812. The third kappa shape index (κ3) is 6.80. The summed E-state index contributed by atoms with van der Waals surface area (Å²) in [5, 5.41) is 6.09. The highest BCUT2D eigenvalue weighted by molar-refractivity contribution is 6.30. The number of benzene rings is 1. The molecule has 1 aromatic heterocycles. The largest absolute Gasteiger partial charge is 0.484 e. The number of amides is 2. The highest BCUT2D eigenvalue weighted by Gasteiger charge is 2.22. The van der Waals surface area contributed by atoms with Crippen LogP contribution >= 0.6 is 11.6 Å². The van der Waals surface area contributed by atoms with Crippen molar-refractivity contribution in [2.24, 2.45) is 5.92 Å². The Morgan fingerprint density at radius 1 is 1.19 bits per heavy atom. The summed E-state index contributed by atoms with van der Waals surface area (Å²) in [6, 6.07) is 9.61. The second-order valence-corrected chi connectivity index (χ2v) is 6.73. The maximum absolute atomic E-state index is 12.4. The van der Waals surface area contributed by atoms with Crippen LogP contribution in [0.25, 0.3) is 0 Å². The minimum atomic E-state index is -0.633. The lowest BCUT2D eigenvalue weighted by Gasteiger charge is -2.20. The van der Waals surface area contributed by atoms with Crippen molar-refractivity contribution in [3.05, 3.63) is 53.4 Å². The van der Waals surface area contributed by atoms with Crippen molar-refractivity contribution in [3.63, 3.8) is 0 Å². The molecule has 0 saturated carbocycles. The Labute approximate surface area is 157 Å². The van der Waals surface area contributed by atoms with E-state index in [2.05, 4.69) is 10.6 Å². The zero-order valence-corrected chi connectivity index (χ0v) is 15.6. The molecule has 2 aromatic rings. The van der Waals surface area contributed by atoms with Crippen LogP contribution in [-0.4, -0.2) is 24.5 Å². The molecule has 1 atom stereocenters. The van der Waals surface area contributed by atoms with Crippen molar-refractivity contribution < 1.29 is 18.7 Å². The van der Waals surface area contributed by atoms with Crippen LogP contribution in [0.1, 0.15) is 26.0 Å². The number of halogens is 1. The van der Waals surface area contributed by atoms with Crippen LogP contribution in [0.2, 0.25) is 5.02 Å². The first-order chi connectivity index (χ1) is 12.4. The van der Waals surface area contributed by atoms with Gasteiger partial charge < -0.3 is 19.8 Å². The lowest BCUT2D eigenvalue weighted by atomic mass is 10.0. The lowest BCUT2D eigenvalue weighted by Crippen LogP contribution is -2.48. The molecule has 0 aliphatic carbocycles. The van der Waals surface area contributed by atoms with E-state index in [1.54, 1.807) is 42.7 Å². The van der Waals surface area contributed by atoms with Crippen LogP contribution < -0.4 is 15.4 Å². The summed E-state index contributed by atoms with van der Waals surface area (Å²) in [5.41, 5.74) is 0. The monoisotopic (exact) mass is 378 g/mol. The second kappa shape index (κ2) is 9.87. The molecule has 0 radical (unpaired) electrons. The molecule has 2 N–H and O–H groups in total. The van der Waals surface area contributed by atoms with Crippen LogP contribution in [0.3, 0.4) is 0 Å². The predicted octanol–water partition coefficient (Wildman–Crippen LogP) is 3.16. The van der Waals surface area contributed by atoms with E-state index in [1.807, 2.05) is 13.8 Å². The van der Waals surface area contributed by atoms with Crippen molar-refractivity contribution in [2.45, 2.75) is 32.9 Å². The summed E-state index contributed by atoms with van der Waals surface area (Å²) in [4.78, 5) is 24.6. The molecule has 0 aliphatic heterocycles. The first-order valence-electron chi connectivity index (χ1n) is 8.42. The Morgan fingerprint density at radius 3 is 2.54 bits per heavy atom. The average Bonchev–Trinajstić information content (AvgIpc) is 3.12. The number of nitrogens with one attached hydrogen (secondary N) is 2. The quantitative estimate of drug-likeness (QED) is 0.702. The van der Waals surface area contributed by atoms with Crippen molar-refractivity contribution in [2.75, 3.05) is 6.61 Å². The van der Waals surface area contributed by atoms with Gasteiger partial charge in [0.15, 0.2) is 6.61 Å². The van der Waals surface area contributed by atoms with Crippen LogP contribution in [0.5, 0.6) is 5.75 Å². The molecule has 0 fully saturated rings. The van der Waals surface area contributed by atoms with Gasteiger partial charge in [0.2, 0.25) is 5.91 Å². The molecule has 0 spiro atoms. The second-order valence-electron chi connectivity index (χ2n) is 6.29. The smallest absolute Gasteiger partial charge is 0.258 e. The van der Waals surface area contributed by atoms with Gasteiger partial charge in [-0.05, 0) is 48.7 Å². The van der Waals surface area contributed by atoms with Crippen molar-refractivity contribution in [1.82, 2.24) is 10.6 Å². The lowest BCUT2D eigenvalue weighted by molar-refractivity contribution is -0.130. The van der Waals surface area contributed by atoms with Gasteiger partial charge in [0.25, 0.3) is 5.91 Å². The normalized spacial score (nSPS) is 11.8. The van der Waals surface area contributed by atoms with E-state index in [0.717, 1.165) is 0 Å². The third-order valence-corrected chi connectivity index (χ3v) is 3.81. The van der Waals surface area contributed by atoms with Crippen LogP contribution in [-0.2, 0) is 16.1 Å². The molecule has 2 rings (SSSR count). The van der Waals surface area contributed by atoms with Crippen LogP contribution in [0.4, 0.5) is 0 Å². The van der Waals surface area contributed by atoms with Gasteiger partial charge in [0.1, 0.15) is 17.6 Å². The summed E-state index contributed by atoms with van der Waals surface area (Å²) in [7, 11) is 0. The molecule has 2 amide bonds. The Balaban J connectivity index is 1.85. The maximum Gasteiger partial charge on any atom is 0.258 e. The fourth-order valence-corrected chi connectivity index (χ4v) is 2.46. The number of hydrogen-bond donors (Lipinski definition) is 2. The average molecular weight is 379 g/mol. The number of carbonyl (C=O) groups excluding carboxylic acids is 2. The van der Waals surface area contributed by atoms with E-state index in [9.17, 15) is 9.59 Å². The fourth-order valence-electron chi connectivity index (χ4n) is 2.33. The van der Waals surface area contributed by atoms with Gasteiger partial charge in [0.05, 0.1) is 12.8 Å². The first-order valence-corrected chi connectivity index (χ1v) is 8.79. The van der Waals surface area contributed by atoms with Crippen LogP contribution in [0, 0.1) is 5.92 Å². The van der Waals surface area contributed by atoms with E-state index < -0.39 is 6.04 Å². The summed E-state index contributed by atoms with van der Waals surface area (Å²) in [6.45, 7) is 4.08. The summed E-state index contributed by atoms with van der Waals surface area (Å²) >= 11 is 5.81. The molecule has 0 aliphatic rings. The highest BCUT2D eigenvalue weighted by Crippen LogP contribution is 2.15. The molecule has 6 nitrogen and oxygen atoms in total. The third-order valence-electron chi connectivity index (χ3n) is 3.56. The Bertz CT molecular complexity index is 699. The van der Waals surface area contributed by atoms with Gasteiger partial charge >= 0.3 is 0 Å². The van der Waals surface area contributed by atoms with E-state index >= 15 is 0 Å². The molecule has 140 valence electrons. The summed E-state index contributed by atoms with van der Waals surface area (Å²) in [6.07, 6.45) is 2.07. The van der Waals surface area contributed by atoms with Gasteiger partial charge in [-0.25, -0.2) is 0 Å². The van der Waals surface area contributed by atoms with E-state index in [-0.39, 0.29) is 30.9 Å². The number of hydrogen-bond acceptors (Lipinski definition) is 4. The van der Waals surface area contributed by atoms with Crippen LogP contribution in [0.15, 0.2) is 47.1 Å². The number of rotatable bonds is 9. The topological polar surface area (TPSA) is 80.6 Å². The van der Waals surface area contributed by atoms with Gasteiger partial charge in [-0.1, -0.05) is 25.4 Å². The number of carbonyl (C=O) groups is 2. The van der Waals surface area contributed by atoms with E-state index in [4.69, 9.17) is 20.8 Å². The molecule has 7 heteroatoms. The SMILES string of the molecule is CC(C)C[C@H](NC(=O)COc1ccc(Cl)cc1)C(=O)NCc1ccco1. The highest BCUT2D eigenvalue weighted by atomic mass is 35.5. The molecule has 0 unspecified atom stereocenters. The van der Waals surface area contributed by atoms with Crippen molar-refractivity contribution >= 4 is 23.4 Å². The Hall–Kier alpha value is -2.47. The molecule has 26 heavy (non-hydrogen) atoms. The van der Waals surface area contributed by atoms with E-state index in [1.165, 1.54) is 0 Å². The molecule has 0 bridgehead atoms. The molecular weight excluding hydrogens is 356 g/mol. The maximum atomic E-state index is 12.4. The molecular formula is C19H23ClN2O4. The summed E-state index contributed by atoms with van der Waals surface area (Å²) < 4.78 is 10.6. The molecule has 1 aromatic carbocycles. The van der Waals surface area contributed by atoms with Gasteiger partial charge in [-0.3, -0.25) is 9.59 Å². The number of furan rings is 1. The van der Waals surface area contributed by atoms with Crippen molar-refractivity contribution in [3.8, 4) is 5.75 Å². The standard InChI is InChI=1S/C19H23ClN2O4/c1-13(2)10-17(19(24)21-11-16-4-3-9-25-16)22-18(23)12-26-15-7-5-14(20)6-8-15/h3-9,13,17H,10-12H2,1-2H3,(H,21,24)(H,22,23)/t17-/m0/s1. The van der Waals surface area contributed by atoms with E-state index in [0.29, 0.717) is 23.0 Å².